The smallest absolute Gasteiger partial charge is 0.311 e. The molecule has 1 fully saturated rings. The van der Waals surface area contributed by atoms with Crippen molar-refractivity contribution < 1.29 is 4.92 Å². The van der Waals surface area contributed by atoms with E-state index in [-0.39, 0.29) is 10.8 Å². The van der Waals surface area contributed by atoms with Crippen molar-refractivity contribution in [3.63, 3.8) is 0 Å². The number of anilines is 1. The van der Waals surface area contributed by atoms with Gasteiger partial charge in [-0.1, -0.05) is 11.6 Å². The van der Waals surface area contributed by atoms with Gasteiger partial charge < -0.3 is 9.80 Å². The zero-order valence-electron chi connectivity index (χ0n) is 9.47. The number of likely N-dealkylation sites (N-methyl/N-ethyl adjacent to an activating group) is 1. The lowest BCUT2D eigenvalue weighted by Crippen LogP contribution is -2.45. The highest BCUT2D eigenvalue weighted by molar-refractivity contribution is 6.29. The number of nitrogens with zero attached hydrogens (tertiary/aromatic N) is 4. The Hall–Kier alpha value is -1.40. The highest BCUT2D eigenvalue weighted by Crippen LogP contribution is 2.28. The minimum absolute atomic E-state index is 0.0129. The second-order valence-corrected chi connectivity index (χ2v) is 4.41. The maximum atomic E-state index is 10.9. The molecule has 0 bridgehead atoms. The van der Waals surface area contributed by atoms with E-state index >= 15 is 0 Å². The van der Waals surface area contributed by atoms with Crippen LogP contribution in [0.3, 0.4) is 0 Å². The van der Waals surface area contributed by atoms with Crippen molar-refractivity contribution in [1.29, 1.82) is 0 Å². The van der Waals surface area contributed by atoms with Crippen LogP contribution in [0.15, 0.2) is 12.1 Å². The molecule has 92 valence electrons. The lowest BCUT2D eigenvalue weighted by atomic mass is 10.3. The molecule has 0 saturated carbocycles. The topological polar surface area (TPSA) is 62.5 Å². The van der Waals surface area contributed by atoms with Crippen LogP contribution in [0.25, 0.3) is 0 Å². The average Bonchev–Trinajstić information content (AvgIpc) is 2.29. The summed E-state index contributed by atoms with van der Waals surface area (Å²) in [6.45, 7) is 3.19. The molecule has 2 rings (SSSR count). The molecule has 0 N–H and O–H groups in total. The highest BCUT2D eigenvalue weighted by atomic mass is 35.5. The first-order valence-corrected chi connectivity index (χ1v) is 5.70. The van der Waals surface area contributed by atoms with Crippen LogP contribution in [-0.2, 0) is 0 Å². The zero-order chi connectivity index (χ0) is 12.4. The second kappa shape index (κ2) is 4.85. The molecule has 0 spiro atoms. The predicted molar refractivity (Wildman–Crippen MR) is 65.6 cm³/mol. The van der Waals surface area contributed by atoms with Crippen molar-refractivity contribution in [2.45, 2.75) is 0 Å². The standard InChI is InChI=1S/C10H13ClN4O2/c1-13-4-6-14(7-5-13)10-8(15(16)17)2-3-9(11)12-10/h2-3H,4-7H2,1H3. The van der Waals surface area contributed by atoms with Crippen molar-refractivity contribution in [2.24, 2.45) is 0 Å². The van der Waals surface area contributed by atoms with Crippen molar-refractivity contribution >= 4 is 23.1 Å². The molecular formula is C10H13ClN4O2. The molecule has 0 radical (unpaired) electrons. The Morgan fingerprint density at radius 1 is 1.35 bits per heavy atom. The van der Waals surface area contributed by atoms with E-state index in [1.807, 2.05) is 11.9 Å². The molecule has 2 heterocycles. The Morgan fingerprint density at radius 3 is 2.59 bits per heavy atom. The van der Waals surface area contributed by atoms with E-state index in [0.29, 0.717) is 5.82 Å². The summed E-state index contributed by atoms with van der Waals surface area (Å²) in [4.78, 5) is 18.7. The van der Waals surface area contributed by atoms with Gasteiger partial charge in [-0.05, 0) is 13.1 Å². The summed E-state index contributed by atoms with van der Waals surface area (Å²) in [7, 11) is 2.02. The fourth-order valence-electron chi connectivity index (χ4n) is 1.81. The van der Waals surface area contributed by atoms with Crippen LogP contribution < -0.4 is 4.90 Å². The average molecular weight is 257 g/mol. The van der Waals surface area contributed by atoms with Crippen LogP contribution in [0.1, 0.15) is 0 Å². The number of hydrogen-bond donors (Lipinski definition) is 0. The number of piperazine rings is 1. The Morgan fingerprint density at radius 2 is 2.00 bits per heavy atom. The third-order valence-electron chi connectivity index (χ3n) is 2.82. The number of hydrogen-bond acceptors (Lipinski definition) is 5. The number of rotatable bonds is 2. The van der Waals surface area contributed by atoms with Gasteiger partial charge in [0.25, 0.3) is 0 Å². The summed E-state index contributed by atoms with van der Waals surface area (Å²) in [5.41, 5.74) is 0.0129. The fourth-order valence-corrected chi connectivity index (χ4v) is 1.95. The minimum atomic E-state index is -0.420. The van der Waals surface area contributed by atoms with Crippen LogP contribution in [-0.4, -0.2) is 48.0 Å². The van der Waals surface area contributed by atoms with Gasteiger partial charge in [0.2, 0.25) is 5.82 Å². The molecule has 7 heteroatoms. The number of aromatic nitrogens is 1. The summed E-state index contributed by atoms with van der Waals surface area (Å²) < 4.78 is 0. The molecule has 1 aliphatic heterocycles. The second-order valence-electron chi connectivity index (χ2n) is 4.02. The Labute approximate surface area is 104 Å². The number of halogens is 1. The summed E-state index contributed by atoms with van der Waals surface area (Å²) in [5, 5.41) is 11.2. The first kappa shape index (κ1) is 12.1. The maximum absolute atomic E-state index is 10.9. The van der Waals surface area contributed by atoms with Gasteiger partial charge in [0.1, 0.15) is 5.15 Å². The van der Waals surface area contributed by atoms with Gasteiger partial charge in [0, 0.05) is 32.2 Å². The first-order valence-electron chi connectivity index (χ1n) is 5.32. The molecule has 1 aromatic heterocycles. The highest BCUT2D eigenvalue weighted by Gasteiger charge is 2.24. The van der Waals surface area contributed by atoms with Crippen molar-refractivity contribution in [1.82, 2.24) is 9.88 Å². The number of pyridine rings is 1. The molecule has 6 nitrogen and oxygen atoms in total. The van der Waals surface area contributed by atoms with E-state index in [1.165, 1.54) is 12.1 Å². The molecule has 1 aliphatic rings. The predicted octanol–water partition coefficient (Wildman–Crippen LogP) is 1.39. The summed E-state index contributed by atoms with van der Waals surface area (Å²) >= 11 is 5.80. The normalized spacial score (nSPS) is 17.2. The summed E-state index contributed by atoms with van der Waals surface area (Å²) in [5.74, 6) is 0.371. The van der Waals surface area contributed by atoms with Crippen LogP contribution in [0, 0.1) is 10.1 Å². The molecule has 1 aromatic rings. The van der Waals surface area contributed by atoms with E-state index in [4.69, 9.17) is 11.6 Å². The van der Waals surface area contributed by atoms with E-state index in [2.05, 4.69) is 9.88 Å². The molecule has 0 amide bonds. The molecule has 0 atom stereocenters. The monoisotopic (exact) mass is 256 g/mol. The lowest BCUT2D eigenvalue weighted by molar-refractivity contribution is -0.384. The van der Waals surface area contributed by atoms with Gasteiger partial charge in [-0.3, -0.25) is 10.1 Å². The van der Waals surface area contributed by atoms with Crippen molar-refractivity contribution in [3.8, 4) is 0 Å². The molecule has 0 unspecified atom stereocenters. The van der Waals surface area contributed by atoms with Gasteiger partial charge in [0.05, 0.1) is 4.92 Å². The fraction of sp³-hybridized carbons (Fsp3) is 0.500. The maximum Gasteiger partial charge on any atom is 0.311 e. The molecule has 17 heavy (non-hydrogen) atoms. The van der Waals surface area contributed by atoms with Crippen molar-refractivity contribution in [2.75, 3.05) is 38.1 Å². The Kier molecular flexibility index (Phi) is 3.44. The molecule has 0 aromatic carbocycles. The largest absolute Gasteiger partial charge is 0.348 e. The quantitative estimate of drug-likeness (QED) is 0.455. The van der Waals surface area contributed by atoms with Gasteiger partial charge in [0.15, 0.2) is 0 Å². The third kappa shape index (κ3) is 2.65. The summed E-state index contributed by atoms with van der Waals surface area (Å²) in [6.07, 6.45) is 0. The van der Waals surface area contributed by atoms with Crippen LogP contribution >= 0.6 is 11.6 Å². The number of nitro groups is 1. The lowest BCUT2D eigenvalue weighted by Gasteiger charge is -2.32. The van der Waals surface area contributed by atoms with Gasteiger partial charge in [-0.15, -0.1) is 0 Å². The zero-order valence-corrected chi connectivity index (χ0v) is 10.2. The SMILES string of the molecule is CN1CCN(c2nc(Cl)ccc2[N+](=O)[O-])CC1. The third-order valence-corrected chi connectivity index (χ3v) is 3.03. The minimum Gasteiger partial charge on any atom is -0.348 e. The Balaban J connectivity index is 2.30. The Bertz CT molecular complexity index is 432. The van der Waals surface area contributed by atoms with E-state index < -0.39 is 4.92 Å². The first-order chi connectivity index (χ1) is 8.08. The molecule has 1 saturated heterocycles. The van der Waals surface area contributed by atoms with Crippen LogP contribution in [0.5, 0.6) is 0 Å². The van der Waals surface area contributed by atoms with Crippen molar-refractivity contribution in [3.05, 3.63) is 27.4 Å². The van der Waals surface area contributed by atoms with E-state index in [0.717, 1.165) is 26.2 Å². The van der Waals surface area contributed by atoms with Gasteiger partial charge in [-0.2, -0.15) is 0 Å². The van der Waals surface area contributed by atoms with Gasteiger partial charge in [-0.25, -0.2) is 4.98 Å². The summed E-state index contributed by atoms with van der Waals surface area (Å²) in [6, 6.07) is 2.85. The van der Waals surface area contributed by atoms with E-state index in [1.54, 1.807) is 0 Å². The molecular weight excluding hydrogens is 244 g/mol. The van der Waals surface area contributed by atoms with Crippen LogP contribution in [0.2, 0.25) is 5.15 Å². The molecule has 0 aliphatic carbocycles. The van der Waals surface area contributed by atoms with E-state index in [9.17, 15) is 10.1 Å². The van der Waals surface area contributed by atoms with Crippen LogP contribution in [0.4, 0.5) is 11.5 Å². The van der Waals surface area contributed by atoms with Gasteiger partial charge >= 0.3 is 5.69 Å².